The Labute approximate surface area is 379 Å². The molecule has 5 heterocycles. The van der Waals surface area contributed by atoms with Gasteiger partial charge in [-0.1, -0.05) is 42.5 Å². The van der Waals surface area contributed by atoms with Gasteiger partial charge in [-0.15, -0.1) is 0 Å². The second-order valence-electron chi connectivity index (χ2n) is 19.0. The molecule has 0 radical (unpaired) electrons. The van der Waals surface area contributed by atoms with Crippen LogP contribution in [0.3, 0.4) is 0 Å². The van der Waals surface area contributed by atoms with Crippen LogP contribution in [0.25, 0.3) is 16.7 Å². The van der Waals surface area contributed by atoms with Gasteiger partial charge >= 0.3 is 6.03 Å². The molecule has 2 aliphatic carbocycles. The second kappa shape index (κ2) is 20.1. The van der Waals surface area contributed by atoms with Crippen molar-refractivity contribution in [3.63, 3.8) is 0 Å². The maximum atomic E-state index is 12.7. The van der Waals surface area contributed by atoms with E-state index in [1.54, 1.807) is 11.9 Å². The average molecular weight is 871 g/mol. The number of nitrogens with zero attached hydrogens (tertiary/aromatic N) is 6. The molecule has 13 heteroatoms. The maximum absolute atomic E-state index is 12.7. The van der Waals surface area contributed by atoms with E-state index >= 15 is 0 Å². The molecule has 2 aromatic carbocycles. The van der Waals surface area contributed by atoms with Gasteiger partial charge in [0, 0.05) is 94.8 Å². The molecule has 2 amide bonds. The lowest BCUT2D eigenvalue weighted by Gasteiger charge is -2.53. The van der Waals surface area contributed by atoms with Gasteiger partial charge in [-0.05, 0) is 136 Å². The molecule has 8 N–H and O–H groups in total. The minimum atomic E-state index is -0.217. The van der Waals surface area contributed by atoms with E-state index in [0.717, 1.165) is 86.3 Å². The minimum absolute atomic E-state index is 0.217. The highest BCUT2D eigenvalue weighted by molar-refractivity contribution is 5.95. The summed E-state index contributed by atoms with van der Waals surface area (Å²) >= 11 is 0. The summed E-state index contributed by atoms with van der Waals surface area (Å²) in [5, 5.41) is 10.9. The van der Waals surface area contributed by atoms with Crippen LogP contribution in [0.2, 0.25) is 0 Å². The Morgan fingerprint density at radius 2 is 1.64 bits per heavy atom. The molecular weight excluding hydrogens is 801 g/mol. The van der Waals surface area contributed by atoms with Gasteiger partial charge in [0.25, 0.3) is 0 Å². The van der Waals surface area contributed by atoms with Crippen LogP contribution in [0.1, 0.15) is 105 Å². The number of likely N-dealkylation sites (tertiary alicyclic amines) is 2. The summed E-state index contributed by atoms with van der Waals surface area (Å²) in [4.78, 5) is 38.1. The highest BCUT2D eigenvalue weighted by atomic mass is 16.2. The largest absolute Gasteiger partial charge is 0.400 e. The molecule has 3 saturated heterocycles. The van der Waals surface area contributed by atoms with Crippen LogP contribution in [-0.4, -0.2) is 103 Å². The van der Waals surface area contributed by atoms with E-state index < -0.39 is 0 Å². The number of hydrogen-bond acceptors (Lipinski definition) is 10. The molecule has 9 rings (SSSR count). The third kappa shape index (κ3) is 9.90. The molecular formula is C51H70N10O3. The lowest BCUT2D eigenvalue weighted by atomic mass is 9.60. The molecule has 13 nitrogen and oxygen atoms in total. The number of fused-ring (bicyclic) bond motifs is 1. The first kappa shape index (κ1) is 45.1. The van der Waals surface area contributed by atoms with E-state index in [1.165, 1.54) is 87.8 Å². The predicted molar refractivity (Wildman–Crippen MR) is 258 cm³/mol. The van der Waals surface area contributed by atoms with E-state index in [1.807, 2.05) is 42.6 Å². The monoisotopic (exact) mass is 871 g/mol. The Bertz CT molecular complexity index is 2260. The van der Waals surface area contributed by atoms with Gasteiger partial charge in [0.05, 0.1) is 17.6 Å². The fourth-order valence-electron chi connectivity index (χ4n) is 11.1. The quantitative estimate of drug-likeness (QED) is 0.0706. The molecule has 1 atom stereocenters. The zero-order valence-corrected chi connectivity index (χ0v) is 38.0. The number of carbonyl (C=O) groups excluding carboxylic acids is 2. The van der Waals surface area contributed by atoms with Crippen molar-refractivity contribution in [3.05, 3.63) is 107 Å². The number of aliphatic hydroxyl groups is 1. The van der Waals surface area contributed by atoms with Crippen molar-refractivity contribution in [2.45, 2.75) is 88.5 Å². The Balaban J connectivity index is 0.00000276. The van der Waals surface area contributed by atoms with Gasteiger partial charge < -0.3 is 51.7 Å². The van der Waals surface area contributed by atoms with Crippen molar-refractivity contribution in [1.29, 1.82) is 0 Å². The number of anilines is 2. The number of pyridine rings is 1. The van der Waals surface area contributed by atoms with Crippen LogP contribution in [0.15, 0.2) is 90.7 Å². The number of amides is 2. The average Bonchev–Trinajstić information content (AvgIpc) is 4.11. The van der Waals surface area contributed by atoms with Crippen LogP contribution in [-0.2, 0) is 4.79 Å². The molecule has 2 saturated carbocycles. The summed E-state index contributed by atoms with van der Waals surface area (Å²) in [7, 11) is 2.63. The Morgan fingerprint density at radius 3 is 2.30 bits per heavy atom. The van der Waals surface area contributed by atoms with E-state index in [-0.39, 0.29) is 6.03 Å². The molecule has 342 valence electrons. The van der Waals surface area contributed by atoms with Crippen LogP contribution < -0.4 is 32.3 Å². The van der Waals surface area contributed by atoms with Gasteiger partial charge in [0.1, 0.15) is 17.8 Å². The number of nitrogens with one attached hydrogen (secondary N) is 1. The summed E-state index contributed by atoms with van der Waals surface area (Å²) in [5.74, 6) is 2.05. The zero-order chi connectivity index (χ0) is 44.8. The first-order chi connectivity index (χ1) is 31.2. The van der Waals surface area contributed by atoms with Crippen LogP contribution in [0.5, 0.6) is 0 Å². The third-order valence-electron chi connectivity index (χ3n) is 14.9. The number of piperidine rings is 3. The number of allylic oxidation sites excluding steroid dienone is 1. The van der Waals surface area contributed by atoms with Crippen molar-refractivity contribution in [2.75, 3.05) is 76.3 Å². The van der Waals surface area contributed by atoms with Crippen molar-refractivity contribution < 1.29 is 14.7 Å². The molecule has 4 aromatic rings. The fourth-order valence-corrected chi connectivity index (χ4v) is 11.1. The molecule has 5 fully saturated rings. The highest BCUT2D eigenvalue weighted by Gasteiger charge is 2.47. The second-order valence-corrected chi connectivity index (χ2v) is 19.0. The van der Waals surface area contributed by atoms with Crippen LogP contribution >= 0.6 is 0 Å². The number of aliphatic hydroxyl groups excluding tert-OH is 1. The van der Waals surface area contributed by atoms with E-state index in [4.69, 9.17) is 27.3 Å². The van der Waals surface area contributed by atoms with Crippen molar-refractivity contribution >= 4 is 40.4 Å². The van der Waals surface area contributed by atoms with E-state index in [0.29, 0.717) is 47.8 Å². The lowest BCUT2D eigenvalue weighted by Crippen LogP contribution is -2.49. The number of aldehydes is 1. The van der Waals surface area contributed by atoms with Gasteiger partial charge in [-0.25, -0.2) is 9.78 Å². The first-order valence-electron chi connectivity index (χ1n) is 23.7. The Kier molecular flexibility index (Phi) is 14.2. The number of nitrogens with two attached hydrogens (primary N) is 3. The molecule has 1 spiro atoms. The molecule has 2 aromatic heterocycles. The topological polar surface area (TPSA) is 175 Å². The summed E-state index contributed by atoms with van der Waals surface area (Å²) in [6.45, 7) is 7.98. The van der Waals surface area contributed by atoms with E-state index in [9.17, 15) is 9.59 Å². The molecule has 64 heavy (non-hydrogen) atoms. The number of hydrogen-bond donors (Lipinski definition) is 5. The van der Waals surface area contributed by atoms with Gasteiger partial charge in [0.15, 0.2) is 0 Å². The predicted octanol–water partition coefficient (Wildman–Crippen LogP) is 6.86. The van der Waals surface area contributed by atoms with Crippen molar-refractivity contribution in [3.8, 4) is 0 Å². The number of carbonyl (C=O) groups is 2. The summed E-state index contributed by atoms with van der Waals surface area (Å²) < 4.78 is 2.46. The number of aromatic nitrogens is 2. The van der Waals surface area contributed by atoms with E-state index in [2.05, 4.69) is 61.1 Å². The molecule has 3 aliphatic heterocycles. The minimum Gasteiger partial charge on any atom is -0.400 e. The molecule has 0 bridgehead atoms. The first-order valence-corrected chi connectivity index (χ1v) is 23.7. The normalized spacial score (nSPS) is 20.6. The standard InChI is InChI=1S/C50H66N10O2.CH4O/c1-54-49(62)59(21-6-26-61)41-27-43-44(37-10-11-37)34-60(48(43)55-31-41)42-29-50(30-42)18-24-56(25-19-50)32-35-16-22-57(23-17-35)40-14-12-36(13-15-40)39-9-5-20-58(33-39)46(47(52)53)28-45(51)38-7-3-2-4-8-38;1-2/h2-4,7-8,12-15,26-28,31,34-35,37,39,42H,5-6,9-11,16-25,29-30,32-33,51-53H2,1H3,(H,54,62);2H,1H3/b45-28-;. The molecule has 1 unspecified atom stereocenters. The van der Waals surface area contributed by atoms with Crippen LogP contribution in [0.4, 0.5) is 16.2 Å². The van der Waals surface area contributed by atoms with Crippen molar-refractivity contribution in [2.24, 2.45) is 28.5 Å². The smallest absolute Gasteiger partial charge is 0.321 e. The Hall–Kier alpha value is -5.53. The van der Waals surface area contributed by atoms with Gasteiger partial charge in [-0.3, -0.25) is 4.90 Å². The summed E-state index contributed by atoms with van der Waals surface area (Å²) in [6, 6.07) is 21.7. The van der Waals surface area contributed by atoms with Gasteiger partial charge in [0.2, 0.25) is 0 Å². The zero-order valence-electron chi connectivity index (χ0n) is 38.0. The Morgan fingerprint density at radius 1 is 0.922 bits per heavy atom. The van der Waals surface area contributed by atoms with Gasteiger partial charge in [-0.2, -0.15) is 0 Å². The highest BCUT2D eigenvalue weighted by Crippen LogP contribution is 2.56. The number of rotatable bonds is 13. The summed E-state index contributed by atoms with van der Waals surface area (Å²) in [6.07, 6.45) is 19.4. The number of benzene rings is 2. The third-order valence-corrected chi connectivity index (χ3v) is 14.9. The number of urea groups is 1. The van der Waals surface area contributed by atoms with Crippen molar-refractivity contribution in [1.82, 2.24) is 24.7 Å². The van der Waals surface area contributed by atoms with Crippen LogP contribution in [0, 0.1) is 11.3 Å². The summed E-state index contributed by atoms with van der Waals surface area (Å²) in [5.41, 5.74) is 27.7. The maximum Gasteiger partial charge on any atom is 0.321 e. The SMILES string of the molecule is CNC(=O)N(CCC=O)c1cnc2c(c1)c(C1CC1)cn2C1CC2(CCN(CC3CCN(c4ccc(C5CCCN(C(/C=C(\N)c6ccccc6)=C(N)N)C5)cc4)CC3)CC2)C1.CO. The lowest BCUT2D eigenvalue weighted by molar-refractivity contribution is -0.107. The fraction of sp³-hybridized carbons (Fsp3) is 0.510. The molecule has 5 aliphatic rings.